The summed E-state index contributed by atoms with van der Waals surface area (Å²) in [4.78, 5) is 12.3. The second-order valence-electron chi connectivity index (χ2n) is 5.58. The van der Waals surface area contributed by atoms with Gasteiger partial charge in [-0.15, -0.1) is 0 Å². The quantitative estimate of drug-likeness (QED) is 0.844. The van der Waals surface area contributed by atoms with Crippen LogP contribution in [0.5, 0.6) is 5.75 Å². The summed E-state index contributed by atoms with van der Waals surface area (Å²) in [7, 11) is 0. The zero-order valence-corrected chi connectivity index (χ0v) is 14.7. The molecule has 1 N–H and O–H groups in total. The van der Waals surface area contributed by atoms with Crippen LogP contribution in [0.2, 0.25) is 5.02 Å². The maximum Gasteiger partial charge on any atom is 0.262 e. The first-order chi connectivity index (χ1) is 10.5. The molecular formula is C16H18BrClN2O2. The van der Waals surface area contributed by atoms with Crippen LogP contribution >= 0.6 is 27.5 Å². The van der Waals surface area contributed by atoms with Crippen molar-refractivity contribution in [3.8, 4) is 11.8 Å². The van der Waals surface area contributed by atoms with Gasteiger partial charge in [-0.1, -0.05) is 30.9 Å². The van der Waals surface area contributed by atoms with E-state index in [9.17, 15) is 10.1 Å². The maximum absolute atomic E-state index is 12.3. The van der Waals surface area contributed by atoms with Gasteiger partial charge in [0.2, 0.25) is 0 Å². The van der Waals surface area contributed by atoms with E-state index >= 15 is 0 Å². The largest absolute Gasteiger partial charge is 0.480 e. The second kappa shape index (κ2) is 7.34. The SMILES string of the molecule is C[C@H](Oc1ccc(Cl)cc1Br)C(=O)NC1(C#N)CCCCC1. The highest BCUT2D eigenvalue weighted by molar-refractivity contribution is 9.10. The third-order valence-electron chi connectivity index (χ3n) is 3.85. The van der Waals surface area contributed by atoms with Gasteiger partial charge in [0.05, 0.1) is 10.5 Å². The van der Waals surface area contributed by atoms with Crippen LogP contribution in [0.25, 0.3) is 0 Å². The van der Waals surface area contributed by atoms with Crippen molar-refractivity contribution >= 4 is 33.4 Å². The van der Waals surface area contributed by atoms with Crippen molar-refractivity contribution < 1.29 is 9.53 Å². The molecule has 0 spiro atoms. The van der Waals surface area contributed by atoms with Crippen LogP contribution in [0.15, 0.2) is 22.7 Å². The van der Waals surface area contributed by atoms with E-state index in [1.165, 1.54) is 0 Å². The van der Waals surface area contributed by atoms with E-state index in [1.807, 2.05) is 0 Å². The zero-order valence-electron chi connectivity index (χ0n) is 12.4. The van der Waals surface area contributed by atoms with Crippen molar-refractivity contribution in [1.82, 2.24) is 5.32 Å². The Labute approximate surface area is 143 Å². The molecule has 1 aliphatic rings. The van der Waals surface area contributed by atoms with Crippen LogP contribution in [0.4, 0.5) is 0 Å². The monoisotopic (exact) mass is 384 g/mol. The molecule has 6 heteroatoms. The molecule has 1 aromatic carbocycles. The van der Waals surface area contributed by atoms with Crippen LogP contribution in [0.1, 0.15) is 39.0 Å². The van der Waals surface area contributed by atoms with Gasteiger partial charge in [0, 0.05) is 5.02 Å². The Bertz CT molecular complexity index is 594. The smallest absolute Gasteiger partial charge is 0.262 e. The summed E-state index contributed by atoms with van der Waals surface area (Å²) in [6.45, 7) is 1.67. The standard InChI is InChI=1S/C16H18BrClN2O2/c1-11(22-14-6-5-12(18)9-13(14)17)15(21)20-16(10-19)7-3-2-4-8-16/h5-6,9,11H,2-4,7-8H2,1H3,(H,20,21)/t11-/m0/s1. The fourth-order valence-electron chi connectivity index (χ4n) is 2.57. The lowest BCUT2D eigenvalue weighted by Crippen LogP contribution is -2.52. The lowest BCUT2D eigenvalue weighted by Gasteiger charge is -2.32. The average molecular weight is 386 g/mol. The van der Waals surface area contributed by atoms with Gasteiger partial charge in [-0.05, 0) is 53.9 Å². The average Bonchev–Trinajstić information content (AvgIpc) is 2.51. The fraction of sp³-hybridized carbons (Fsp3) is 0.500. The van der Waals surface area contributed by atoms with Gasteiger partial charge in [-0.25, -0.2) is 0 Å². The van der Waals surface area contributed by atoms with Crippen molar-refractivity contribution in [3.63, 3.8) is 0 Å². The Morgan fingerprint density at radius 1 is 1.45 bits per heavy atom. The molecule has 0 heterocycles. The molecular weight excluding hydrogens is 368 g/mol. The second-order valence-corrected chi connectivity index (χ2v) is 6.87. The Hall–Kier alpha value is -1.25. The lowest BCUT2D eigenvalue weighted by atomic mass is 9.83. The minimum absolute atomic E-state index is 0.273. The number of ether oxygens (including phenoxy) is 1. The van der Waals surface area contributed by atoms with E-state index < -0.39 is 11.6 Å². The number of nitrogens with one attached hydrogen (secondary N) is 1. The van der Waals surface area contributed by atoms with Crippen molar-refractivity contribution in [2.24, 2.45) is 0 Å². The molecule has 0 aromatic heterocycles. The Kier molecular flexibility index (Phi) is 5.71. The minimum Gasteiger partial charge on any atom is -0.480 e. The number of benzene rings is 1. The molecule has 1 fully saturated rings. The summed E-state index contributed by atoms with van der Waals surface area (Å²) in [5, 5.41) is 12.9. The lowest BCUT2D eigenvalue weighted by molar-refractivity contribution is -0.129. The highest BCUT2D eigenvalue weighted by atomic mass is 79.9. The minimum atomic E-state index is -0.746. The normalized spacial score (nSPS) is 18.1. The van der Waals surface area contributed by atoms with E-state index in [1.54, 1.807) is 25.1 Å². The van der Waals surface area contributed by atoms with Crippen molar-refractivity contribution in [3.05, 3.63) is 27.7 Å². The Morgan fingerprint density at radius 2 is 2.14 bits per heavy atom. The predicted molar refractivity (Wildman–Crippen MR) is 88.8 cm³/mol. The molecule has 118 valence electrons. The van der Waals surface area contributed by atoms with Gasteiger partial charge in [0.1, 0.15) is 11.3 Å². The molecule has 0 saturated heterocycles. The zero-order chi connectivity index (χ0) is 16.2. The predicted octanol–water partition coefficient (Wildman–Crippen LogP) is 4.21. The first-order valence-electron chi connectivity index (χ1n) is 7.31. The first kappa shape index (κ1) is 17.1. The number of hydrogen-bond acceptors (Lipinski definition) is 3. The molecule has 1 aliphatic carbocycles. The van der Waals surface area contributed by atoms with E-state index in [2.05, 4.69) is 27.3 Å². The van der Waals surface area contributed by atoms with Crippen molar-refractivity contribution in [2.75, 3.05) is 0 Å². The number of rotatable bonds is 4. The van der Waals surface area contributed by atoms with Crippen molar-refractivity contribution in [1.29, 1.82) is 5.26 Å². The van der Waals surface area contributed by atoms with Crippen molar-refractivity contribution in [2.45, 2.75) is 50.7 Å². The first-order valence-corrected chi connectivity index (χ1v) is 8.48. The summed E-state index contributed by atoms with van der Waals surface area (Å²) in [5.41, 5.74) is -0.746. The van der Waals surface area contributed by atoms with E-state index in [-0.39, 0.29) is 5.91 Å². The number of carbonyl (C=O) groups is 1. The molecule has 0 unspecified atom stereocenters. The summed E-state index contributed by atoms with van der Waals surface area (Å²) in [6.07, 6.45) is 3.75. The van der Waals surface area contributed by atoms with E-state index in [0.717, 1.165) is 19.3 Å². The summed E-state index contributed by atoms with van der Waals surface area (Å²) in [6, 6.07) is 7.38. The molecule has 0 radical (unpaired) electrons. The van der Waals surface area contributed by atoms with Crippen LogP contribution in [-0.4, -0.2) is 17.6 Å². The van der Waals surface area contributed by atoms with Gasteiger partial charge in [-0.2, -0.15) is 5.26 Å². The highest BCUT2D eigenvalue weighted by Gasteiger charge is 2.35. The van der Waals surface area contributed by atoms with Gasteiger partial charge < -0.3 is 10.1 Å². The van der Waals surface area contributed by atoms with Crippen LogP contribution < -0.4 is 10.1 Å². The van der Waals surface area contributed by atoms with Crippen LogP contribution in [-0.2, 0) is 4.79 Å². The third-order valence-corrected chi connectivity index (χ3v) is 4.71. The number of hydrogen-bond donors (Lipinski definition) is 1. The molecule has 22 heavy (non-hydrogen) atoms. The fourth-order valence-corrected chi connectivity index (χ4v) is 3.35. The van der Waals surface area contributed by atoms with Gasteiger partial charge in [-0.3, -0.25) is 4.79 Å². The summed E-state index contributed by atoms with van der Waals surface area (Å²) in [5.74, 6) is 0.270. The molecule has 1 amide bonds. The molecule has 1 aromatic rings. The topological polar surface area (TPSA) is 62.1 Å². The Morgan fingerprint density at radius 3 is 2.73 bits per heavy atom. The van der Waals surface area contributed by atoms with Gasteiger partial charge in [0.15, 0.2) is 6.10 Å². The number of amides is 1. The van der Waals surface area contributed by atoms with Gasteiger partial charge in [0.25, 0.3) is 5.91 Å². The molecule has 0 aliphatic heterocycles. The molecule has 2 rings (SSSR count). The molecule has 4 nitrogen and oxygen atoms in total. The number of nitriles is 1. The Balaban J connectivity index is 2.01. The molecule has 1 atom stereocenters. The summed E-state index contributed by atoms with van der Waals surface area (Å²) < 4.78 is 6.35. The highest BCUT2D eigenvalue weighted by Crippen LogP contribution is 2.30. The van der Waals surface area contributed by atoms with E-state index in [4.69, 9.17) is 16.3 Å². The number of halogens is 2. The summed E-state index contributed by atoms with van der Waals surface area (Å²) >= 11 is 9.24. The molecule has 1 saturated carbocycles. The third kappa shape index (κ3) is 4.15. The van der Waals surface area contributed by atoms with Gasteiger partial charge >= 0.3 is 0 Å². The number of carbonyl (C=O) groups excluding carboxylic acids is 1. The maximum atomic E-state index is 12.3. The van der Waals surface area contributed by atoms with Crippen LogP contribution in [0, 0.1) is 11.3 Å². The van der Waals surface area contributed by atoms with Crippen LogP contribution in [0.3, 0.4) is 0 Å². The van der Waals surface area contributed by atoms with E-state index in [0.29, 0.717) is 28.1 Å². The molecule has 0 bridgehead atoms. The number of nitrogens with zero attached hydrogens (tertiary/aromatic N) is 1.